The molecule has 0 unspecified atom stereocenters. The smallest absolute Gasteiger partial charge is 0.225 e. The molecule has 0 aliphatic heterocycles. The Balaban J connectivity index is 2.12. The maximum Gasteiger partial charge on any atom is 0.225 e. The molecule has 0 saturated carbocycles. The summed E-state index contributed by atoms with van der Waals surface area (Å²) in [6.07, 6.45) is 1.85. The average molecular weight is 271 g/mol. The molecule has 1 N–H and O–H groups in total. The third-order valence-electron chi connectivity index (χ3n) is 3.11. The number of rotatable bonds is 4. The lowest BCUT2D eigenvalue weighted by molar-refractivity contribution is 0.925. The number of nitrogens with one attached hydrogen (secondary N) is 1. The van der Waals surface area contributed by atoms with E-state index in [0.29, 0.717) is 6.54 Å². The van der Waals surface area contributed by atoms with E-state index >= 15 is 0 Å². The number of aromatic nitrogens is 3. The fourth-order valence-corrected chi connectivity index (χ4v) is 1.84. The van der Waals surface area contributed by atoms with Crippen molar-refractivity contribution >= 4 is 11.6 Å². The minimum absolute atomic E-state index is 0.661. The molecule has 2 aromatic heterocycles. The SMILES string of the molecule is Cc1cc(CNc2cnc(C)c(C)c2)nc(N(C)C)n1. The van der Waals surface area contributed by atoms with Crippen molar-refractivity contribution in [2.45, 2.75) is 27.3 Å². The van der Waals surface area contributed by atoms with Gasteiger partial charge in [0.25, 0.3) is 0 Å². The standard InChI is InChI=1S/C15H21N5/c1-10-6-13(8-16-12(10)3)17-9-14-7-11(2)18-15(19-14)20(4)5/h6-8,17H,9H2,1-5H3. The first-order valence-corrected chi connectivity index (χ1v) is 6.64. The molecule has 0 atom stereocenters. The van der Waals surface area contributed by atoms with E-state index in [2.05, 4.69) is 33.3 Å². The molecule has 0 saturated heterocycles. The highest BCUT2D eigenvalue weighted by molar-refractivity contribution is 5.44. The van der Waals surface area contributed by atoms with Crippen LogP contribution in [-0.4, -0.2) is 29.0 Å². The van der Waals surface area contributed by atoms with Crippen LogP contribution < -0.4 is 10.2 Å². The number of hydrogen-bond donors (Lipinski definition) is 1. The van der Waals surface area contributed by atoms with Gasteiger partial charge in [-0.3, -0.25) is 4.98 Å². The van der Waals surface area contributed by atoms with Gasteiger partial charge in [0.1, 0.15) is 0 Å². The minimum atomic E-state index is 0.661. The van der Waals surface area contributed by atoms with E-state index < -0.39 is 0 Å². The molecule has 20 heavy (non-hydrogen) atoms. The van der Waals surface area contributed by atoms with Crippen molar-refractivity contribution in [1.82, 2.24) is 15.0 Å². The van der Waals surface area contributed by atoms with Gasteiger partial charge < -0.3 is 10.2 Å². The van der Waals surface area contributed by atoms with E-state index in [-0.39, 0.29) is 0 Å². The summed E-state index contributed by atoms with van der Waals surface area (Å²) < 4.78 is 0. The van der Waals surface area contributed by atoms with Gasteiger partial charge in [-0.25, -0.2) is 9.97 Å². The first-order chi connectivity index (χ1) is 9.45. The van der Waals surface area contributed by atoms with Gasteiger partial charge in [-0.15, -0.1) is 0 Å². The normalized spacial score (nSPS) is 10.4. The Morgan fingerprint density at radius 3 is 2.50 bits per heavy atom. The van der Waals surface area contributed by atoms with E-state index in [9.17, 15) is 0 Å². The van der Waals surface area contributed by atoms with Crippen molar-refractivity contribution < 1.29 is 0 Å². The second-order valence-electron chi connectivity index (χ2n) is 5.17. The van der Waals surface area contributed by atoms with Gasteiger partial charge in [0, 0.05) is 25.5 Å². The Labute approximate surface area is 120 Å². The van der Waals surface area contributed by atoms with Gasteiger partial charge in [-0.1, -0.05) is 0 Å². The summed E-state index contributed by atoms with van der Waals surface area (Å²) in [6.45, 7) is 6.72. The molecule has 0 spiro atoms. The van der Waals surface area contributed by atoms with Crippen molar-refractivity contribution in [3.63, 3.8) is 0 Å². The van der Waals surface area contributed by atoms with Crippen molar-refractivity contribution in [3.05, 3.63) is 41.0 Å². The van der Waals surface area contributed by atoms with Gasteiger partial charge in [-0.05, 0) is 38.5 Å². The van der Waals surface area contributed by atoms with Gasteiger partial charge >= 0.3 is 0 Å². The maximum atomic E-state index is 4.52. The quantitative estimate of drug-likeness (QED) is 0.926. The second-order valence-corrected chi connectivity index (χ2v) is 5.17. The monoisotopic (exact) mass is 271 g/mol. The van der Waals surface area contributed by atoms with E-state index in [0.717, 1.165) is 28.7 Å². The molecule has 2 aromatic rings. The molecule has 5 heteroatoms. The third kappa shape index (κ3) is 3.44. The van der Waals surface area contributed by atoms with Gasteiger partial charge in [0.2, 0.25) is 5.95 Å². The number of anilines is 2. The zero-order chi connectivity index (χ0) is 14.7. The van der Waals surface area contributed by atoms with Crippen molar-refractivity contribution in [3.8, 4) is 0 Å². The molecule has 0 aliphatic carbocycles. The summed E-state index contributed by atoms with van der Waals surface area (Å²) in [5.41, 5.74) is 5.19. The van der Waals surface area contributed by atoms with Gasteiger partial charge in [-0.2, -0.15) is 0 Å². The van der Waals surface area contributed by atoms with Crippen LogP contribution in [0.2, 0.25) is 0 Å². The lowest BCUT2D eigenvalue weighted by Crippen LogP contribution is -2.15. The Morgan fingerprint density at radius 1 is 1.10 bits per heavy atom. The summed E-state index contributed by atoms with van der Waals surface area (Å²) in [4.78, 5) is 15.2. The number of nitrogens with zero attached hydrogens (tertiary/aromatic N) is 4. The lowest BCUT2D eigenvalue weighted by atomic mass is 10.2. The minimum Gasteiger partial charge on any atom is -0.378 e. The highest BCUT2D eigenvalue weighted by atomic mass is 15.2. The maximum absolute atomic E-state index is 4.52. The summed E-state index contributed by atoms with van der Waals surface area (Å²) in [5.74, 6) is 0.736. The van der Waals surface area contributed by atoms with Crippen LogP contribution in [0, 0.1) is 20.8 Å². The van der Waals surface area contributed by atoms with Crippen LogP contribution in [0.5, 0.6) is 0 Å². The zero-order valence-electron chi connectivity index (χ0n) is 12.7. The van der Waals surface area contributed by atoms with Crippen molar-refractivity contribution in [2.75, 3.05) is 24.3 Å². The van der Waals surface area contributed by atoms with Gasteiger partial charge in [0.15, 0.2) is 0 Å². The predicted octanol–water partition coefficient (Wildman–Crippen LogP) is 2.47. The second kappa shape index (κ2) is 5.86. The van der Waals surface area contributed by atoms with Crippen LogP contribution in [0.15, 0.2) is 18.3 Å². The Hall–Kier alpha value is -2.17. The van der Waals surface area contributed by atoms with Crippen LogP contribution in [0.1, 0.15) is 22.6 Å². The van der Waals surface area contributed by atoms with E-state index in [1.807, 2.05) is 45.1 Å². The molecule has 2 heterocycles. The molecule has 0 aromatic carbocycles. The molecule has 0 amide bonds. The van der Waals surface area contributed by atoms with Crippen LogP contribution in [-0.2, 0) is 6.54 Å². The molecule has 106 valence electrons. The highest BCUT2D eigenvalue weighted by Gasteiger charge is 2.04. The van der Waals surface area contributed by atoms with Crippen LogP contribution in [0.3, 0.4) is 0 Å². The Morgan fingerprint density at radius 2 is 1.85 bits per heavy atom. The zero-order valence-corrected chi connectivity index (χ0v) is 12.7. The summed E-state index contributed by atoms with van der Waals surface area (Å²) in [7, 11) is 3.89. The Kier molecular flexibility index (Phi) is 4.17. The average Bonchev–Trinajstić information content (AvgIpc) is 2.39. The largest absolute Gasteiger partial charge is 0.378 e. The molecule has 5 nitrogen and oxygen atoms in total. The first kappa shape index (κ1) is 14.2. The summed E-state index contributed by atoms with van der Waals surface area (Å²) >= 11 is 0. The van der Waals surface area contributed by atoms with Crippen LogP contribution >= 0.6 is 0 Å². The van der Waals surface area contributed by atoms with Crippen LogP contribution in [0.4, 0.5) is 11.6 Å². The molecular formula is C15H21N5. The van der Waals surface area contributed by atoms with Gasteiger partial charge in [0.05, 0.1) is 24.1 Å². The summed E-state index contributed by atoms with van der Waals surface area (Å²) in [6, 6.07) is 4.09. The highest BCUT2D eigenvalue weighted by Crippen LogP contribution is 2.13. The van der Waals surface area contributed by atoms with E-state index in [4.69, 9.17) is 0 Å². The van der Waals surface area contributed by atoms with Crippen LogP contribution in [0.25, 0.3) is 0 Å². The fourth-order valence-electron chi connectivity index (χ4n) is 1.84. The molecule has 0 bridgehead atoms. The topological polar surface area (TPSA) is 53.9 Å². The Bertz CT molecular complexity index is 607. The number of hydrogen-bond acceptors (Lipinski definition) is 5. The summed E-state index contributed by atoms with van der Waals surface area (Å²) in [5, 5.41) is 3.35. The van der Waals surface area contributed by atoms with Crippen molar-refractivity contribution in [2.24, 2.45) is 0 Å². The lowest BCUT2D eigenvalue weighted by Gasteiger charge is -2.13. The third-order valence-corrected chi connectivity index (χ3v) is 3.11. The molecule has 0 fully saturated rings. The van der Waals surface area contributed by atoms with E-state index in [1.54, 1.807) is 0 Å². The first-order valence-electron chi connectivity index (χ1n) is 6.64. The number of pyridine rings is 1. The van der Waals surface area contributed by atoms with Crippen molar-refractivity contribution in [1.29, 1.82) is 0 Å². The van der Waals surface area contributed by atoms with E-state index in [1.165, 1.54) is 5.56 Å². The number of aryl methyl sites for hydroxylation is 3. The molecular weight excluding hydrogens is 250 g/mol. The fraction of sp³-hybridized carbons (Fsp3) is 0.400. The molecule has 0 aliphatic rings. The predicted molar refractivity (Wildman–Crippen MR) is 82.1 cm³/mol. The molecule has 2 rings (SSSR count). The molecule has 0 radical (unpaired) electrons.